The topological polar surface area (TPSA) is 67.2 Å². The molecule has 0 unspecified atom stereocenters. The molecule has 0 bridgehead atoms. The molecule has 1 heterocycles. The number of likely N-dealkylation sites (N-methyl/N-ethyl adjacent to an activating group) is 1. The number of para-hydroxylation sites is 1. The predicted molar refractivity (Wildman–Crippen MR) is 110 cm³/mol. The largest absolute Gasteiger partial charge is 0.332 e. The van der Waals surface area contributed by atoms with E-state index in [1.807, 2.05) is 0 Å². The molecule has 0 aliphatic rings. The second kappa shape index (κ2) is 8.63. The summed E-state index contributed by atoms with van der Waals surface area (Å²) in [7, 11) is 1.50. The number of carbonyl (C=O) groups is 2. The lowest BCUT2D eigenvalue weighted by Crippen LogP contribution is -2.35. The van der Waals surface area contributed by atoms with Crippen LogP contribution in [0.25, 0.3) is 5.69 Å². The molecular weight excluding hydrogens is 418 g/mol. The van der Waals surface area contributed by atoms with Gasteiger partial charge in [-0.25, -0.2) is 9.07 Å². The minimum Gasteiger partial charge on any atom is -0.332 e. The Kier molecular flexibility index (Phi) is 6.20. The molecule has 29 heavy (non-hydrogen) atoms. The van der Waals surface area contributed by atoms with Crippen molar-refractivity contribution in [1.29, 1.82) is 0 Å². The quantitative estimate of drug-likeness (QED) is 0.649. The molecule has 9 heteroatoms. The van der Waals surface area contributed by atoms with E-state index in [0.717, 1.165) is 0 Å². The van der Waals surface area contributed by atoms with E-state index in [1.54, 1.807) is 37.3 Å². The van der Waals surface area contributed by atoms with E-state index < -0.39 is 17.6 Å². The highest BCUT2D eigenvalue weighted by Gasteiger charge is 2.21. The zero-order chi connectivity index (χ0) is 21.1. The first-order valence-electron chi connectivity index (χ1n) is 8.58. The highest BCUT2D eigenvalue weighted by molar-refractivity contribution is 6.42. The van der Waals surface area contributed by atoms with Gasteiger partial charge in [0.1, 0.15) is 11.5 Å². The maximum Gasteiger partial charge on any atom is 0.257 e. The van der Waals surface area contributed by atoms with E-state index in [2.05, 4.69) is 10.4 Å². The molecule has 0 aliphatic heterocycles. The van der Waals surface area contributed by atoms with Gasteiger partial charge in [-0.15, -0.1) is 0 Å². The van der Waals surface area contributed by atoms with Crippen LogP contribution in [0.1, 0.15) is 16.1 Å². The number of rotatable bonds is 5. The number of aromatic nitrogens is 2. The van der Waals surface area contributed by atoms with E-state index >= 15 is 0 Å². The van der Waals surface area contributed by atoms with Gasteiger partial charge in [0.05, 0.1) is 34.0 Å². The van der Waals surface area contributed by atoms with Gasteiger partial charge in [0.15, 0.2) is 0 Å². The molecule has 0 saturated carbocycles. The normalized spacial score (nSPS) is 10.7. The number of amides is 2. The minimum absolute atomic E-state index is 0.191. The molecule has 0 fully saturated rings. The Bertz CT molecular complexity index is 1080. The third kappa shape index (κ3) is 4.58. The maximum absolute atomic E-state index is 14.0. The predicted octanol–water partition coefficient (Wildman–Crippen LogP) is 4.34. The van der Waals surface area contributed by atoms with Crippen LogP contribution in [-0.4, -0.2) is 40.1 Å². The van der Waals surface area contributed by atoms with Crippen molar-refractivity contribution < 1.29 is 14.0 Å². The van der Waals surface area contributed by atoms with Crippen LogP contribution in [0.2, 0.25) is 10.0 Å². The van der Waals surface area contributed by atoms with Gasteiger partial charge >= 0.3 is 0 Å². The molecule has 3 rings (SSSR count). The summed E-state index contributed by atoms with van der Waals surface area (Å²) in [6.45, 7) is 1.47. The summed E-state index contributed by atoms with van der Waals surface area (Å²) in [5, 5.41) is 7.46. The van der Waals surface area contributed by atoms with Gasteiger partial charge in [-0.2, -0.15) is 5.10 Å². The van der Waals surface area contributed by atoms with Crippen molar-refractivity contribution in [3.8, 4) is 5.69 Å². The minimum atomic E-state index is -0.452. The first-order valence-corrected chi connectivity index (χ1v) is 9.33. The Labute approximate surface area is 176 Å². The van der Waals surface area contributed by atoms with Crippen LogP contribution in [0.5, 0.6) is 0 Å². The standard InChI is InChI=1S/C20H17Cl2FN4O2/c1-12-14(10-24-27(12)18-6-4-3-5-17(18)23)20(29)26(2)11-19(28)25-13-7-8-15(21)16(22)9-13/h3-10H,11H2,1-2H3,(H,25,28). The van der Waals surface area contributed by atoms with Gasteiger partial charge in [-0.05, 0) is 37.3 Å². The number of carbonyl (C=O) groups excluding carboxylic acids is 2. The fraction of sp³-hybridized carbons (Fsp3) is 0.150. The second-order valence-electron chi connectivity index (χ2n) is 6.35. The molecule has 0 atom stereocenters. The Morgan fingerprint density at radius 2 is 1.90 bits per heavy atom. The molecule has 3 aromatic rings. The van der Waals surface area contributed by atoms with Crippen LogP contribution >= 0.6 is 23.2 Å². The van der Waals surface area contributed by atoms with Crippen LogP contribution in [-0.2, 0) is 4.79 Å². The monoisotopic (exact) mass is 434 g/mol. The van der Waals surface area contributed by atoms with Crippen LogP contribution < -0.4 is 5.32 Å². The third-order valence-electron chi connectivity index (χ3n) is 4.25. The first-order chi connectivity index (χ1) is 13.8. The van der Waals surface area contributed by atoms with Gasteiger partial charge in [-0.1, -0.05) is 35.3 Å². The van der Waals surface area contributed by atoms with Gasteiger partial charge in [0, 0.05) is 12.7 Å². The molecule has 2 aromatic carbocycles. The van der Waals surface area contributed by atoms with Crippen molar-refractivity contribution in [1.82, 2.24) is 14.7 Å². The maximum atomic E-state index is 14.0. The Hall–Kier alpha value is -2.90. The number of halogens is 3. The first kappa shape index (κ1) is 20.8. The van der Waals surface area contributed by atoms with Crippen LogP contribution in [0.15, 0.2) is 48.7 Å². The molecule has 1 N–H and O–H groups in total. The van der Waals surface area contributed by atoms with Gasteiger partial charge in [-0.3, -0.25) is 9.59 Å². The number of benzene rings is 2. The van der Waals surface area contributed by atoms with Crippen LogP contribution in [0.3, 0.4) is 0 Å². The molecular formula is C20H17Cl2FN4O2. The third-order valence-corrected chi connectivity index (χ3v) is 4.99. The van der Waals surface area contributed by atoms with Crippen molar-refractivity contribution in [2.45, 2.75) is 6.92 Å². The number of anilines is 1. The smallest absolute Gasteiger partial charge is 0.257 e. The zero-order valence-electron chi connectivity index (χ0n) is 15.6. The lowest BCUT2D eigenvalue weighted by atomic mass is 10.2. The summed E-state index contributed by atoms with van der Waals surface area (Å²) in [5.74, 6) is -1.26. The van der Waals surface area contributed by atoms with Gasteiger partial charge < -0.3 is 10.2 Å². The Morgan fingerprint density at radius 3 is 2.59 bits per heavy atom. The Balaban J connectivity index is 1.71. The fourth-order valence-corrected chi connectivity index (χ4v) is 3.05. The SMILES string of the molecule is Cc1c(C(=O)N(C)CC(=O)Nc2ccc(Cl)c(Cl)c2)cnn1-c1ccccc1F. The van der Waals surface area contributed by atoms with Crippen molar-refractivity contribution in [2.24, 2.45) is 0 Å². The van der Waals surface area contributed by atoms with Crippen LogP contribution in [0.4, 0.5) is 10.1 Å². The van der Waals surface area contributed by atoms with E-state index in [1.165, 1.54) is 35.0 Å². The van der Waals surface area contributed by atoms with Crippen molar-refractivity contribution in [2.75, 3.05) is 18.9 Å². The van der Waals surface area contributed by atoms with Crippen molar-refractivity contribution in [3.63, 3.8) is 0 Å². The second-order valence-corrected chi connectivity index (χ2v) is 7.16. The molecule has 0 saturated heterocycles. The van der Waals surface area contributed by atoms with Gasteiger partial charge in [0.25, 0.3) is 5.91 Å². The van der Waals surface area contributed by atoms with Gasteiger partial charge in [0.2, 0.25) is 5.91 Å². The molecule has 2 amide bonds. The Morgan fingerprint density at radius 1 is 1.17 bits per heavy atom. The number of hydrogen-bond donors (Lipinski definition) is 1. The summed E-state index contributed by atoms with van der Waals surface area (Å²) in [6.07, 6.45) is 1.36. The number of hydrogen-bond acceptors (Lipinski definition) is 3. The van der Waals surface area contributed by atoms with E-state index in [-0.39, 0.29) is 17.8 Å². The average Bonchev–Trinajstić information content (AvgIpc) is 3.05. The lowest BCUT2D eigenvalue weighted by molar-refractivity contribution is -0.116. The number of nitrogens with zero attached hydrogens (tertiary/aromatic N) is 3. The summed E-state index contributed by atoms with van der Waals surface area (Å²) in [6, 6.07) is 10.8. The highest BCUT2D eigenvalue weighted by atomic mass is 35.5. The summed E-state index contributed by atoms with van der Waals surface area (Å²) in [4.78, 5) is 26.3. The molecule has 1 aromatic heterocycles. The molecule has 6 nitrogen and oxygen atoms in total. The molecule has 0 radical (unpaired) electrons. The fourth-order valence-electron chi connectivity index (χ4n) is 2.75. The number of nitrogens with one attached hydrogen (secondary N) is 1. The molecule has 150 valence electrons. The van der Waals surface area contributed by atoms with E-state index in [0.29, 0.717) is 21.4 Å². The highest BCUT2D eigenvalue weighted by Crippen LogP contribution is 2.25. The lowest BCUT2D eigenvalue weighted by Gasteiger charge is -2.17. The summed E-state index contributed by atoms with van der Waals surface area (Å²) < 4.78 is 15.4. The molecule has 0 aliphatic carbocycles. The van der Waals surface area contributed by atoms with Crippen molar-refractivity contribution >= 4 is 40.7 Å². The summed E-state index contributed by atoms with van der Waals surface area (Å²) in [5.41, 5.74) is 1.45. The summed E-state index contributed by atoms with van der Waals surface area (Å²) >= 11 is 11.8. The van der Waals surface area contributed by atoms with E-state index in [9.17, 15) is 14.0 Å². The average molecular weight is 435 g/mol. The zero-order valence-corrected chi connectivity index (χ0v) is 17.1. The van der Waals surface area contributed by atoms with E-state index in [4.69, 9.17) is 23.2 Å². The van der Waals surface area contributed by atoms with Crippen molar-refractivity contribution in [3.05, 3.63) is 75.8 Å². The van der Waals surface area contributed by atoms with Crippen LogP contribution in [0, 0.1) is 12.7 Å². The molecule has 0 spiro atoms.